The zero-order valence-corrected chi connectivity index (χ0v) is 16.5. The normalized spacial score (nSPS) is 40.0. The summed E-state index contributed by atoms with van der Waals surface area (Å²) in [7, 11) is 0. The first kappa shape index (κ1) is 17.5. The van der Waals surface area contributed by atoms with Gasteiger partial charge in [0.2, 0.25) is 11.8 Å². The van der Waals surface area contributed by atoms with Crippen molar-refractivity contribution in [1.29, 1.82) is 0 Å². The van der Waals surface area contributed by atoms with Gasteiger partial charge in [-0.3, -0.25) is 4.79 Å². The molecule has 0 unspecified atom stereocenters. The van der Waals surface area contributed by atoms with Gasteiger partial charge in [0.25, 0.3) is 0 Å². The number of rotatable bonds is 4. The van der Waals surface area contributed by atoms with E-state index in [0.717, 1.165) is 74.1 Å². The van der Waals surface area contributed by atoms with Crippen LogP contribution in [-0.4, -0.2) is 23.0 Å². The van der Waals surface area contributed by atoms with E-state index in [1.807, 2.05) is 25.3 Å². The predicted octanol–water partition coefficient (Wildman–Crippen LogP) is 4.41. The lowest BCUT2D eigenvalue weighted by Gasteiger charge is -2.56. The minimum Gasteiger partial charge on any atom is -0.474 e. The van der Waals surface area contributed by atoms with Gasteiger partial charge in [-0.25, -0.2) is 4.98 Å². The highest BCUT2D eigenvalue weighted by atomic mass is 16.5. The number of amides is 1. The van der Waals surface area contributed by atoms with E-state index in [4.69, 9.17) is 4.74 Å². The highest BCUT2D eigenvalue weighted by Gasteiger charge is 2.54. The molecule has 5 fully saturated rings. The van der Waals surface area contributed by atoms with Gasteiger partial charge in [-0.1, -0.05) is 6.07 Å². The lowest BCUT2D eigenvalue weighted by molar-refractivity contribution is -0.147. The van der Waals surface area contributed by atoms with Crippen molar-refractivity contribution in [2.45, 2.75) is 83.3 Å². The van der Waals surface area contributed by atoms with Crippen molar-refractivity contribution in [1.82, 2.24) is 10.3 Å². The standard InChI is InChI=1S/C23H32N2O2/c1-15-2-7-21(24-14-15)27-20-5-3-19(4-6-20)25-22(26)23-11-16-8-17(12-23)10-18(9-16)13-23/h2,7,14,16-20H,3-6,8-13H2,1H3,(H,25,26). The molecule has 1 amide bonds. The zero-order chi connectivity index (χ0) is 18.4. The maximum absolute atomic E-state index is 13.2. The van der Waals surface area contributed by atoms with Gasteiger partial charge in [-0.2, -0.15) is 0 Å². The third-order valence-electron chi connectivity index (χ3n) is 7.70. The second kappa shape index (κ2) is 6.79. The van der Waals surface area contributed by atoms with Crippen LogP contribution in [0.3, 0.4) is 0 Å². The molecule has 6 rings (SSSR count). The Labute approximate surface area is 162 Å². The van der Waals surface area contributed by atoms with Crippen molar-refractivity contribution < 1.29 is 9.53 Å². The van der Waals surface area contributed by atoms with Gasteiger partial charge in [0.15, 0.2) is 0 Å². The Hall–Kier alpha value is -1.58. The number of aryl methyl sites for hydroxylation is 1. The van der Waals surface area contributed by atoms with Crippen LogP contribution < -0.4 is 10.1 Å². The molecular formula is C23H32N2O2. The maximum Gasteiger partial charge on any atom is 0.226 e. The van der Waals surface area contributed by atoms with Crippen LogP contribution in [0.1, 0.15) is 69.8 Å². The van der Waals surface area contributed by atoms with Gasteiger partial charge in [-0.05, 0) is 94.4 Å². The molecule has 0 spiro atoms. The van der Waals surface area contributed by atoms with E-state index >= 15 is 0 Å². The number of pyridine rings is 1. The Bertz CT molecular complexity index is 656. The largest absolute Gasteiger partial charge is 0.474 e. The Morgan fingerprint density at radius 2 is 1.67 bits per heavy atom. The van der Waals surface area contributed by atoms with Crippen molar-refractivity contribution in [3.8, 4) is 5.88 Å². The highest BCUT2D eigenvalue weighted by molar-refractivity contribution is 5.83. The van der Waals surface area contributed by atoms with Crippen LogP contribution in [0.15, 0.2) is 18.3 Å². The summed E-state index contributed by atoms with van der Waals surface area (Å²) in [6.07, 6.45) is 13.8. The van der Waals surface area contributed by atoms with Crippen LogP contribution in [-0.2, 0) is 4.79 Å². The van der Waals surface area contributed by atoms with Gasteiger partial charge in [0, 0.05) is 23.7 Å². The van der Waals surface area contributed by atoms with Gasteiger partial charge in [0.05, 0.1) is 0 Å². The summed E-state index contributed by atoms with van der Waals surface area (Å²) in [5, 5.41) is 3.46. The van der Waals surface area contributed by atoms with E-state index in [-0.39, 0.29) is 11.5 Å². The number of hydrogen-bond donors (Lipinski definition) is 1. The summed E-state index contributed by atoms with van der Waals surface area (Å²) < 4.78 is 6.04. The van der Waals surface area contributed by atoms with E-state index < -0.39 is 0 Å². The van der Waals surface area contributed by atoms with Gasteiger partial charge < -0.3 is 10.1 Å². The Morgan fingerprint density at radius 1 is 1.04 bits per heavy atom. The minimum atomic E-state index is -0.0199. The summed E-state index contributed by atoms with van der Waals surface area (Å²) in [5.74, 6) is 3.59. The molecule has 1 heterocycles. The first-order chi connectivity index (χ1) is 13.1. The van der Waals surface area contributed by atoms with Gasteiger partial charge >= 0.3 is 0 Å². The van der Waals surface area contributed by atoms with E-state index in [0.29, 0.717) is 11.9 Å². The van der Waals surface area contributed by atoms with E-state index in [1.54, 1.807) is 0 Å². The lowest BCUT2D eigenvalue weighted by Crippen LogP contribution is -2.55. The molecule has 27 heavy (non-hydrogen) atoms. The first-order valence-corrected chi connectivity index (χ1v) is 11.0. The van der Waals surface area contributed by atoms with Gasteiger partial charge in [-0.15, -0.1) is 0 Å². The van der Waals surface area contributed by atoms with Crippen molar-refractivity contribution in [2.24, 2.45) is 23.2 Å². The van der Waals surface area contributed by atoms with Crippen LogP contribution in [0, 0.1) is 30.1 Å². The van der Waals surface area contributed by atoms with Crippen molar-refractivity contribution >= 4 is 5.91 Å². The fourth-order valence-electron chi connectivity index (χ4n) is 6.75. The average Bonchev–Trinajstić information content (AvgIpc) is 2.64. The van der Waals surface area contributed by atoms with Crippen molar-refractivity contribution in [3.63, 3.8) is 0 Å². The quantitative estimate of drug-likeness (QED) is 0.856. The van der Waals surface area contributed by atoms with E-state index in [9.17, 15) is 4.79 Å². The van der Waals surface area contributed by atoms with Crippen LogP contribution in [0.25, 0.3) is 0 Å². The van der Waals surface area contributed by atoms with Crippen molar-refractivity contribution in [3.05, 3.63) is 23.9 Å². The molecule has 4 nitrogen and oxygen atoms in total. The number of nitrogens with one attached hydrogen (secondary N) is 1. The zero-order valence-electron chi connectivity index (χ0n) is 16.5. The number of hydrogen-bond acceptors (Lipinski definition) is 3. The fourth-order valence-corrected chi connectivity index (χ4v) is 6.75. The molecule has 5 saturated carbocycles. The monoisotopic (exact) mass is 368 g/mol. The van der Waals surface area contributed by atoms with Gasteiger partial charge in [0.1, 0.15) is 6.10 Å². The number of aromatic nitrogens is 1. The van der Waals surface area contributed by atoms with Crippen LogP contribution in [0.2, 0.25) is 0 Å². The molecule has 1 N–H and O–H groups in total. The summed E-state index contributed by atoms with van der Waals surface area (Å²) >= 11 is 0. The first-order valence-electron chi connectivity index (χ1n) is 11.0. The van der Waals surface area contributed by atoms with Crippen LogP contribution in [0.4, 0.5) is 0 Å². The number of nitrogens with zero attached hydrogens (tertiary/aromatic N) is 1. The molecule has 0 aromatic carbocycles. The van der Waals surface area contributed by atoms with Crippen LogP contribution >= 0.6 is 0 Å². The molecule has 146 valence electrons. The number of ether oxygens (including phenoxy) is 1. The summed E-state index contributed by atoms with van der Waals surface area (Å²) in [6, 6.07) is 4.33. The maximum atomic E-state index is 13.2. The second-order valence-electron chi connectivity index (χ2n) is 9.94. The molecule has 1 aromatic heterocycles. The third-order valence-corrected chi connectivity index (χ3v) is 7.70. The molecular weight excluding hydrogens is 336 g/mol. The molecule has 4 bridgehead atoms. The highest BCUT2D eigenvalue weighted by Crippen LogP contribution is 2.60. The lowest BCUT2D eigenvalue weighted by atomic mass is 9.49. The number of carbonyl (C=O) groups excluding carboxylic acids is 1. The second-order valence-corrected chi connectivity index (χ2v) is 9.94. The molecule has 0 radical (unpaired) electrons. The molecule has 0 atom stereocenters. The SMILES string of the molecule is Cc1ccc(OC2CCC(NC(=O)C34CC5CC(CC(C5)C3)C4)CC2)nc1. The summed E-state index contributed by atoms with van der Waals surface area (Å²) in [4.78, 5) is 17.6. The Morgan fingerprint density at radius 3 is 2.22 bits per heavy atom. The Balaban J connectivity index is 1.14. The average molecular weight is 369 g/mol. The summed E-state index contributed by atoms with van der Waals surface area (Å²) in [6.45, 7) is 2.04. The summed E-state index contributed by atoms with van der Waals surface area (Å²) in [5.41, 5.74) is 1.13. The smallest absolute Gasteiger partial charge is 0.226 e. The van der Waals surface area contributed by atoms with E-state index in [2.05, 4.69) is 10.3 Å². The molecule has 0 aliphatic heterocycles. The molecule has 0 saturated heterocycles. The molecule has 1 aromatic rings. The molecule has 4 heteroatoms. The molecule has 5 aliphatic carbocycles. The van der Waals surface area contributed by atoms with Crippen molar-refractivity contribution in [2.75, 3.05) is 0 Å². The fraction of sp³-hybridized carbons (Fsp3) is 0.739. The van der Waals surface area contributed by atoms with Crippen LogP contribution in [0.5, 0.6) is 5.88 Å². The third kappa shape index (κ3) is 3.48. The van der Waals surface area contributed by atoms with E-state index in [1.165, 1.54) is 19.3 Å². The predicted molar refractivity (Wildman–Crippen MR) is 104 cm³/mol. The number of carbonyl (C=O) groups is 1. The molecule has 5 aliphatic rings. The Kier molecular flexibility index (Phi) is 4.40. The minimum absolute atomic E-state index is 0.0199. The topological polar surface area (TPSA) is 51.2 Å².